The highest BCUT2D eigenvalue weighted by Crippen LogP contribution is 2.36. The highest BCUT2D eigenvalue weighted by Gasteiger charge is 2.31. The van der Waals surface area contributed by atoms with Crippen molar-refractivity contribution in [3.8, 4) is 5.75 Å². The number of nitrogens with zero attached hydrogens (tertiary/aromatic N) is 1. The fraction of sp³-hybridized carbons (Fsp3) is 0.667. The van der Waals surface area contributed by atoms with Gasteiger partial charge < -0.3 is 14.8 Å². The van der Waals surface area contributed by atoms with Gasteiger partial charge in [-0.15, -0.1) is 0 Å². The van der Waals surface area contributed by atoms with E-state index in [1.165, 1.54) is 24.0 Å². The summed E-state index contributed by atoms with van der Waals surface area (Å²) < 4.78 is 11.0. The molecule has 0 spiro atoms. The molecule has 1 aromatic rings. The Hall–Kier alpha value is -1.10. The molecule has 3 rings (SSSR count). The van der Waals surface area contributed by atoms with Crippen molar-refractivity contribution in [2.45, 2.75) is 25.8 Å². The zero-order chi connectivity index (χ0) is 15.4. The second-order valence-electron chi connectivity index (χ2n) is 6.41. The molecule has 0 bridgehead atoms. The van der Waals surface area contributed by atoms with Gasteiger partial charge in [-0.2, -0.15) is 0 Å². The molecule has 2 heterocycles. The Morgan fingerprint density at radius 2 is 1.95 bits per heavy atom. The number of benzene rings is 1. The Morgan fingerprint density at radius 3 is 2.59 bits per heavy atom. The van der Waals surface area contributed by atoms with Gasteiger partial charge in [0.1, 0.15) is 5.75 Å². The first-order valence-electron chi connectivity index (χ1n) is 8.46. The molecule has 0 saturated carbocycles. The highest BCUT2D eigenvalue weighted by atomic mass is 16.5. The largest absolute Gasteiger partial charge is 0.496 e. The first-order valence-corrected chi connectivity index (χ1v) is 8.46. The Morgan fingerprint density at radius 1 is 1.23 bits per heavy atom. The van der Waals surface area contributed by atoms with Crippen LogP contribution in [0.15, 0.2) is 18.2 Å². The molecule has 1 aromatic carbocycles. The second-order valence-corrected chi connectivity index (χ2v) is 6.41. The van der Waals surface area contributed by atoms with Crippen LogP contribution in [0.2, 0.25) is 0 Å². The average molecular weight is 304 g/mol. The number of methoxy groups -OCH3 is 1. The van der Waals surface area contributed by atoms with E-state index in [1.807, 2.05) is 0 Å². The van der Waals surface area contributed by atoms with Gasteiger partial charge in [0.05, 0.1) is 7.11 Å². The number of rotatable bonds is 4. The molecular weight excluding hydrogens is 276 g/mol. The monoisotopic (exact) mass is 304 g/mol. The normalized spacial score (nSPS) is 22.5. The van der Waals surface area contributed by atoms with Crippen LogP contribution in [0.4, 0.5) is 0 Å². The van der Waals surface area contributed by atoms with Gasteiger partial charge in [-0.25, -0.2) is 0 Å². The maximum absolute atomic E-state index is 5.58. The third-order valence-corrected chi connectivity index (χ3v) is 5.02. The van der Waals surface area contributed by atoms with Crippen LogP contribution in [0.3, 0.4) is 0 Å². The summed E-state index contributed by atoms with van der Waals surface area (Å²) in [6.45, 7) is 8.40. The molecule has 2 aliphatic heterocycles. The van der Waals surface area contributed by atoms with E-state index in [2.05, 4.69) is 35.3 Å². The molecule has 2 saturated heterocycles. The van der Waals surface area contributed by atoms with E-state index >= 15 is 0 Å². The van der Waals surface area contributed by atoms with Gasteiger partial charge in [0.15, 0.2) is 0 Å². The predicted octanol–water partition coefficient (Wildman–Crippen LogP) is 2.38. The summed E-state index contributed by atoms with van der Waals surface area (Å²) in [5.41, 5.74) is 2.67. The zero-order valence-corrected chi connectivity index (χ0v) is 13.8. The highest BCUT2D eigenvalue weighted by molar-refractivity contribution is 5.37. The fourth-order valence-corrected chi connectivity index (χ4v) is 3.86. The van der Waals surface area contributed by atoms with Crippen LogP contribution in [-0.2, 0) is 4.74 Å². The molecule has 0 aliphatic carbocycles. The van der Waals surface area contributed by atoms with Crippen molar-refractivity contribution in [2.24, 2.45) is 5.92 Å². The molecule has 22 heavy (non-hydrogen) atoms. The fourth-order valence-electron chi connectivity index (χ4n) is 3.86. The Balaban J connectivity index is 1.87. The molecule has 1 N–H and O–H groups in total. The molecule has 4 heteroatoms. The summed E-state index contributed by atoms with van der Waals surface area (Å²) in [6.07, 6.45) is 2.33. The number of hydrogen-bond donors (Lipinski definition) is 1. The molecule has 2 fully saturated rings. The van der Waals surface area contributed by atoms with E-state index in [9.17, 15) is 0 Å². The molecular formula is C18H28N2O2. The van der Waals surface area contributed by atoms with Crippen molar-refractivity contribution in [1.82, 2.24) is 10.2 Å². The molecule has 1 atom stereocenters. The maximum atomic E-state index is 5.58. The van der Waals surface area contributed by atoms with E-state index in [-0.39, 0.29) is 0 Å². The first kappa shape index (κ1) is 15.8. The number of aryl methyl sites for hydroxylation is 1. The smallest absolute Gasteiger partial charge is 0.121 e. The minimum atomic E-state index is 0.510. The summed E-state index contributed by atoms with van der Waals surface area (Å²) in [4.78, 5) is 2.66. The van der Waals surface area contributed by atoms with Crippen molar-refractivity contribution < 1.29 is 9.47 Å². The minimum absolute atomic E-state index is 0.510. The summed E-state index contributed by atoms with van der Waals surface area (Å²) in [5.74, 6) is 1.68. The lowest BCUT2D eigenvalue weighted by atomic mass is 9.85. The Bertz CT molecular complexity index is 462. The van der Waals surface area contributed by atoms with Crippen LogP contribution in [0.25, 0.3) is 0 Å². The number of hydrogen-bond acceptors (Lipinski definition) is 4. The van der Waals surface area contributed by atoms with Crippen molar-refractivity contribution >= 4 is 0 Å². The standard InChI is InChI=1S/C18H28N2O2/c1-14-13-16(3-4-17(14)21-2)18(15-5-11-22-12-6-15)20-9-7-19-8-10-20/h3-4,13,15,18-19H,5-12H2,1-2H3/t18-/m0/s1. The molecule has 0 aromatic heterocycles. The van der Waals surface area contributed by atoms with Gasteiger partial charge in [0, 0.05) is 45.4 Å². The topological polar surface area (TPSA) is 33.7 Å². The van der Waals surface area contributed by atoms with E-state index in [1.54, 1.807) is 7.11 Å². The lowest BCUT2D eigenvalue weighted by Gasteiger charge is -2.41. The van der Waals surface area contributed by atoms with E-state index in [4.69, 9.17) is 9.47 Å². The summed E-state index contributed by atoms with van der Waals surface area (Å²) in [5, 5.41) is 3.47. The Labute approximate surface area is 133 Å². The van der Waals surface area contributed by atoms with Crippen molar-refractivity contribution in [3.63, 3.8) is 0 Å². The lowest BCUT2D eigenvalue weighted by molar-refractivity contribution is 0.0213. The van der Waals surface area contributed by atoms with Gasteiger partial charge in [-0.3, -0.25) is 4.90 Å². The van der Waals surface area contributed by atoms with E-state index in [0.29, 0.717) is 12.0 Å². The lowest BCUT2D eigenvalue weighted by Crippen LogP contribution is -2.47. The van der Waals surface area contributed by atoms with Crippen LogP contribution < -0.4 is 10.1 Å². The van der Waals surface area contributed by atoms with Crippen LogP contribution in [0.1, 0.15) is 30.0 Å². The van der Waals surface area contributed by atoms with Crippen LogP contribution >= 0.6 is 0 Å². The zero-order valence-electron chi connectivity index (χ0n) is 13.8. The van der Waals surface area contributed by atoms with Crippen LogP contribution in [0.5, 0.6) is 5.75 Å². The predicted molar refractivity (Wildman–Crippen MR) is 88.5 cm³/mol. The second kappa shape index (κ2) is 7.44. The molecule has 4 nitrogen and oxygen atoms in total. The number of ether oxygens (including phenoxy) is 2. The number of nitrogens with one attached hydrogen (secondary N) is 1. The third-order valence-electron chi connectivity index (χ3n) is 5.02. The van der Waals surface area contributed by atoms with Gasteiger partial charge >= 0.3 is 0 Å². The third kappa shape index (κ3) is 3.45. The molecule has 0 unspecified atom stereocenters. The Kier molecular flexibility index (Phi) is 5.34. The maximum Gasteiger partial charge on any atom is 0.121 e. The molecule has 0 amide bonds. The van der Waals surface area contributed by atoms with E-state index in [0.717, 1.165) is 45.1 Å². The molecule has 2 aliphatic rings. The van der Waals surface area contributed by atoms with Gasteiger partial charge in [-0.05, 0) is 42.9 Å². The van der Waals surface area contributed by atoms with Gasteiger partial charge in [0.2, 0.25) is 0 Å². The quantitative estimate of drug-likeness (QED) is 0.926. The first-order chi connectivity index (χ1) is 10.8. The SMILES string of the molecule is COc1ccc([C@H](C2CCOCC2)N2CCNCC2)cc1C. The minimum Gasteiger partial charge on any atom is -0.496 e. The average Bonchev–Trinajstić information content (AvgIpc) is 2.57. The van der Waals surface area contributed by atoms with Crippen molar-refractivity contribution in [2.75, 3.05) is 46.5 Å². The van der Waals surface area contributed by atoms with Crippen LogP contribution in [-0.4, -0.2) is 51.4 Å². The molecule has 122 valence electrons. The van der Waals surface area contributed by atoms with E-state index < -0.39 is 0 Å². The van der Waals surface area contributed by atoms with Crippen molar-refractivity contribution in [3.05, 3.63) is 29.3 Å². The molecule has 0 radical (unpaired) electrons. The van der Waals surface area contributed by atoms with Gasteiger partial charge in [-0.1, -0.05) is 12.1 Å². The summed E-state index contributed by atoms with van der Waals surface area (Å²) in [6, 6.07) is 7.21. The summed E-state index contributed by atoms with van der Waals surface area (Å²) in [7, 11) is 1.74. The van der Waals surface area contributed by atoms with Crippen LogP contribution in [0, 0.1) is 12.8 Å². The van der Waals surface area contributed by atoms with Gasteiger partial charge in [0.25, 0.3) is 0 Å². The number of piperazine rings is 1. The summed E-state index contributed by atoms with van der Waals surface area (Å²) >= 11 is 0. The van der Waals surface area contributed by atoms with Crippen molar-refractivity contribution in [1.29, 1.82) is 0 Å².